The van der Waals surface area contributed by atoms with Gasteiger partial charge in [0.1, 0.15) is 13.2 Å². The summed E-state index contributed by atoms with van der Waals surface area (Å²) in [7, 11) is 0. The van der Waals surface area contributed by atoms with Crippen LogP contribution in [-0.4, -0.2) is 30.7 Å². The molecule has 0 aromatic heterocycles. The second-order valence-corrected chi connectivity index (χ2v) is 5.32. The topological polar surface area (TPSA) is 38.7 Å². The van der Waals surface area contributed by atoms with E-state index in [1.807, 2.05) is 12.1 Å². The summed E-state index contributed by atoms with van der Waals surface area (Å²) in [4.78, 5) is 0. The zero-order chi connectivity index (χ0) is 11.4. The fraction of sp³-hybridized carbons (Fsp3) is 0.455. The van der Waals surface area contributed by atoms with E-state index in [1.54, 1.807) is 11.8 Å². The molecule has 0 amide bonds. The van der Waals surface area contributed by atoms with Crippen LogP contribution in [0, 0.1) is 0 Å². The molecule has 1 aromatic carbocycles. The van der Waals surface area contributed by atoms with Gasteiger partial charge in [-0.05, 0) is 17.7 Å². The van der Waals surface area contributed by atoms with E-state index in [0.29, 0.717) is 13.2 Å². The Morgan fingerprint density at radius 3 is 2.62 bits per heavy atom. The van der Waals surface area contributed by atoms with Crippen LogP contribution in [0.15, 0.2) is 16.6 Å². The second-order valence-electron chi connectivity index (χ2n) is 3.36. The molecule has 1 N–H and O–H groups in total. The first-order chi connectivity index (χ1) is 7.81. The molecule has 0 saturated carbocycles. The van der Waals surface area contributed by atoms with Gasteiger partial charge in [0, 0.05) is 16.0 Å². The molecule has 3 nitrogen and oxygen atoms in total. The number of ether oxygens (including phenoxy) is 2. The van der Waals surface area contributed by atoms with E-state index in [2.05, 4.69) is 15.9 Å². The Hall–Kier alpha value is -0.390. The zero-order valence-corrected chi connectivity index (χ0v) is 11.1. The van der Waals surface area contributed by atoms with Crippen LogP contribution in [0.1, 0.15) is 5.56 Å². The van der Waals surface area contributed by atoms with Crippen LogP contribution in [0.25, 0.3) is 0 Å². The maximum Gasteiger partial charge on any atom is 0.162 e. The number of hydrogen-bond donors (Lipinski definition) is 1. The summed E-state index contributed by atoms with van der Waals surface area (Å²) in [6, 6.07) is 3.95. The number of thioether (sulfide) groups is 1. The van der Waals surface area contributed by atoms with Crippen molar-refractivity contribution in [2.75, 3.05) is 25.6 Å². The number of benzene rings is 1. The molecule has 0 bridgehead atoms. The molecule has 16 heavy (non-hydrogen) atoms. The van der Waals surface area contributed by atoms with Crippen molar-refractivity contribution in [3.8, 4) is 11.5 Å². The number of halogens is 1. The van der Waals surface area contributed by atoms with E-state index >= 15 is 0 Å². The van der Waals surface area contributed by atoms with Crippen LogP contribution in [0.5, 0.6) is 11.5 Å². The number of hydrogen-bond acceptors (Lipinski definition) is 4. The van der Waals surface area contributed by atoms with Crippen molar-refractivity contribution in [2.24, 2.45) is 0 Å². The molecule has 2 rings (SSSR count). The highest BCUT2D eigenvalue weighted by molar-refractivity contribution is 9.10. The van der Waals surface area contributed by atoms with Crippen LogP contribution in [0.4, 0.5) is 0 Å². The minimum Gasteiger partial charge on any atom is -0.486 e. The molecule has 88 valence electrons. The van der Waals surface area contributed by atoms with Gasteiger partial charge >= 0.3 is 0 Å². The summed E-state index contributed by atoms with van der Waals surface area (Å²) in [5.41, 5.74) is 1.17. The van der Waals surface area contributed by atoms with Crippen molar-refractivity contribution in [3.05, 3.63) is 22.2 Å². The molecule has 0 unspecified atom stereocenters. The zero-order valence-electron chi connectivity index (χ0n) is 8.74. The molecule has 1 aliphatic rings. The van der Waals surface area contributed by atoms with E-state index in [-0.39, 0.29) is 6.61 Å². The van der Waals surface area contributed by atoms with Gasteiger partial charge in [-0.3, -0.25) is 0 Å². The van der Waals surface area contributed by atoms with E-state index in [4.69, 9.17) is 14.6 Å². The van der Waals surface area contributed by atoms with Gasteiger partial charge in [-0.1, -0.05) is 15.9 Å². The minimum absolute atomic E-state index is 0.215. The highest BCUT2D eigenvalue weighted by Crippen LogP contribution is 2.36. The van der Waals surface area contributed by atoms with Crippen LogP contribution in [0.3, 0.4) is 0 Å². The number of aliphatic hydroxyl groups excluding tert-OH is 1. The van der Waals surface area contributed by atoms with Crippen LogP contribution < -0.4 is 9.47 Å². The van der Waals surface area contributed by atoms with Crippen molar-refractivity contribution in [3.63, 3.8) is 0 Å². The average molecular weight is 305 g/mol. The highest BCUT2D eigenvalue weighted by atomic mass is 79.9. The predicted molar refractivity (Wildman–Crippen MR) is 68.4 cm³/mol. The van der Waals surface area contributed by atoms with Gasteiger partial charge in [-0.2, -0.15) is 11.8 Å². The normalized spacial score (nSPS) is 13.9. The molecular weight excluding hydrogens is 292 g/mol. The predicted octanol–water partition coefficient (Wildman–Crippen LogP) is 2.45. The summed E-state index contributed by atoms with van der Waals surface area (Å²) >= 11 is 5.21. The lowest BCUT2D eigenvalue weighted by Gasteiger charge is -2.19. The highest BCUT2D eigenvalue weighted by Gasteiger charge is 2.14. The van der Waals surface area contributed by atoms with Crippen LogP contribution in [-0.2, 0) is 5.75 Å². The summed E-state index contributed by atoms with van der Waals surface area (Å²) < 4.78 is 12.0. The van der Waals surface area contributed by atoms with Gasteiger partial charge < -0.3 is 14.6 Å². The van der Waals surface area contributed by atoms with Crippen molar-refractivity contribution < 1.29 is 14.6 Å². The van der Waals surface area contributed by atoms with E-state index in [9.17, 15) is 0 Å². The third kappa shape index (κ3) is 2.84. The molecule has 0 aliphatic carbocycles. The van der Waals surface area contributed by atoms with Gasteiger partial charge in [0.05, 0.1) is 6.61 Å². The largest absolute Gasteiger partial charge is 0.486 e. The molecule has 0 saturated heterocycles. The molecule has 1 aliphatic heterocycles. The first kappa shape index (κ1) is 12.1. The van der Waals surface area contributed by atoms with E-state index < -0.39 is 0 Å². The maximum atomic E-state index is 8.73. The maximum absolute atomic E-state index is 8.73. The van der Waals surface area contributed by atoms with E-state index in [0.717, 1.165) is 27.5 Å². The number of aliphatic hydroxyl groups is 1. The Labute approximate surface area is 107 Å². The molecule has 1 aromatic rings. The van der Waals surface area contributed by atoms with Crippen LogP contribution >= 0.6 is 27.7 Å². The Kier molecular flexibility index (Phi) is 4.37. The molecule has 0 atom stereocenters. The van der Waals surface area contributed by atoms with Gasteiger partial charge in [0.25, 0.3) is 0 Å². The lowest BCUT2D eigenvalue weighted by atomic mass is 10.2. The molecule has 0 radical (unpaired) electrons. The monoisotopic (exact) mass is 304 g/mol. The van der Waals surface area contributed by atoms with Crippen molar-refractivity contribution in [2.45, 2.75) is 5.75 Å². The first-order valence-electron chi connectivity index (χ1n) is 5.08. The lowest BCUT2D eigenvalue weighted by molar-refractivity contribution is 0.171. The van der Waals surface area contributed by atoms with Crippen molar-refractivity contribution in [1.29, 1.82) is 0 Å². The first-order valence-corrected chi connectivity index (χ1v) is 7.02. The fourth-order valence-corrected chi connectivity index (χ4v) is 2.84. The minimum atomic E-state index is 0.215. The quantitative estimate of drug-likeness (QED) is 0.867. The Bertz CT molecular complexity index is 370. The van der Waals surface area contributed by atoms with Crippen molar-refractivity contribution in [1.82, 2.24) is 0 Å². The fourth-order valence-electron chi connectivity index (χ4n) is 1.46. The Balaban J connectivity index is 2.12. The van der Waals surface area contributed by atoms with Gasteiger partial charge in [0.15, 0.2) is 11.5 Å². The van der Waals surface area contributed by atoms with Crippen molar-refractivity contribution >= 4 is 27.7 Å². The second kappa shape index (κ2) is 5.80. The SMILES string of the molecule is OCCSCc1cc2c(cc1Br)OCCO2. The third-order valence-corrected chi connectivity index (χ3v) is 3.93. The van der Waals surface area contributed by atoms with Crippen LogP contribution in [0.2, 0.25) is 0 Å². The third-order valence-electron chi connectivity index (χ3n) is 2.20. The number of fused-ring (bicyclic) bond motifs is 1. The molecule has 5 heteroatoms. The molecule has 0 spiro atoms. The van der Waals surface area contributed by atoms with Gasteiger partial charge in [-0.15, -0.1) is 0 Å². The Morgan fingerprint density at radius 1 is 1.25 bits per heavy atom. The summed E-state index contributed by atoms with van der Waals surface area (Å²) in [6.07, 6.45) is 0. The summed E-state index contributed by atoms with van der Waals surface area (Å²) in [5, 5.41) is 8.73. The smallest absolute Gasteiger partial charge is 0.162 e. The van der Waals surface area contributed by atoms with Gasteiger partial charge in [0.2, 0.25) is 0 Å². The van der Waals surface area contributed by atoms with E-state index in [1.165, 1.54) is 5.56 Å². The summed E-state index contributed by atoms with van der Waals surface area (Å²) in [6.45, 7) is 1.43. The van der Waals surface area contributed by atoms with Gasteiger partial charge in [-0.25, -0.2) is 0 Å². The standard InChI is InChI=1S/C11H13BrO3S/c12-9-6-11-10(14-2-3-15-11)5-8(9)7-16-4-1-13/h5-6,13H,1-4,7H2. The molecule has 1 heterocycles. The average Bonchev–Trinajstić information content (AvgIpc) is 2.30. The lowest BCUT2D eigenvalue weighted by Crippen LogP contribution is -2.15. The molecule has 0 fully saturated rings. The summed E-state index contributed by atoms with van der Waals surface area (Å²) in [5.74, 6) is 3.22. The Morgan fingerprint density at radius 2 is 1.94 bits per heavy atom. The number of rotatable bonds is 4. The molecular formula is C11H13BrO3S.